The lowest BCUT2D eigenvalue weighted by Crippen LogP contribution is -2.34. The van der Waals surface area contributed by atoms with E-state index in [9.17, 15) is 0 Å². The van der Waals surface area contributed by atoms with Gasteiger partial charge in [-0.2, -0.15) is 0 Å². The quantitative estimate of drug-likeness (QED) is 0.723. The summed E-state index contributed by atoms with van der Waals surface area (Å²) in [6.45, 7) is 8.40. The van der Waals surface area contributed by atoms with Crippen LogP contribution in [0.25, 0.3) is 0 Å². The van der Waals surface area contributed by atoms with Gasteiger partial charge in [-0.25, -0.2) is 0 Å². The summed E-state index contributed by atoms with van der Waals surface area (Å²) in [6.07, 6.45) is 6.93. The molecule has 0 spiro atoms. The Morgan fingerprint density at radius 1 is 1.27 bits per heavy atom. The summed E-state index contributed by atoms with van der Waals surface area (Å²) in [7, 11) is 0. The summed E-state index contributed by atoms with van der Waals surface area (Å²) < 4.78 is 0. The van der Waals surface area contributed by atoms with Crippen LogP contribution in [0.15, 0.2) is 0 Å². The van der Waals surface area contributed by atoms with Crippen molar-refractivity contribution in [3.63, 3.8) is 0 Å². The van der Waals surface area contributed by atoms with Gasteiger partial charge in [0.05, 0.1) is 0 Å². The summed E-state index contributed by atoms with van der Waals surface area (Å²) in [4.78, 5) is 2.73. The van der Waals surface area contributed by atoms with E-state index in [1.807, 2.05) is 0 Å². The Morgan fingerprint density at radius 2 is 2.13 bits per heavy atom. The fraction of sp³-hybridized carbons (Fsp3) is 1.00. The minimum atomic E-state index is 0.785. The first-order valence-electron chi connectivity index (χ1n) is 6.82. The number of hydrogen-bond donors (Lipinski definition) is 1. The van der Waals surface area contributed by atoms with E-state index in [0.29, 0.717) is 0 Å². The van der Waals surface area contributed by atoms with Gasteiger partial charge in [0.1, 0.15) is 0 Å². The van der Waals surface area contributed by atoms with Gasteiger partial charge in [-0.3, -0.25) is 4.90 Å². The molecule has 2 fully saturated rings. The minimum Gasteiger partial charge on any atom is -0.313 e. The summed E-state index contributed by atoms with van der Waals surface area (Å²) in [5.74, 6) is 1.04. The molecule has 15 heavy (non-hydrogen) atoms. The normalized spacial score (nSPS) is 36.0. The predicted octanol–water partition coefficient (Wildman–Crippen LogP) is 2.25. The fourth-order valence-corrected chi connectivity index (χ4v) is 2.96. The van der Waals surface area contributed by atoms with E-state index in [0.717, 1.165) is 18.0 Å². The largest absolute Gasteiger partial charge is 0.313 e. The number of likely N-dealkylation sites (tertiary alicyclic amines) is 1. The second kappa shape index (κ2) is 5.31. The Balaban J connectivity index is 1.65. The molecule has 1 aliphatic heterocycles. The minimum absolute atomic E-state index is 0.785. The zero-order chi connectivity index (χ0) is 10.7. The maximum absolute atomic E-state index is 3.65. The summed E-state index contributed by atoms with van der Waals surface area (Å²) in [5, 5.41) is 3.65. The lowest BCUT2D eigenvalue weighted by Gasteiger charge is -2.16. The smallest absolute Gasteiger partial charge is 0.0207 e. The van der Waals surface area contributed by atoms with Crippen LogP contribution in [-0.2, 0) is 0 Å². The van der Waals surface area contributed by atoms with Crippen molar-refractivity contribution in [2.75, 3.05) is 19.6 Å². The van der Waals surface area contributed by atoms with Gasteiger partial charge in [-0.05, 0) is 38.1 Å². The molecule has 0 aromatic heterocycles. The van der Waals surface area contributed by atoms with E-state index in [4.69, 9.17) is 0 Å². The number of hydrogen-bond acceptors (Lipinski definition) is 2. The van der Waals surface area contributed by atoms with Gasteiger partial charge in [0.15, 0.2) is 0 Å². The lowest BCUT2D eigenvalue weighted by atomic mass is 10.2. The fourth-order valence-electron chi connectivity index (χ4n) is 2.96. The molecule has 1 saturated heterocycles. The monoisotopic (exact) mass is 210 g/mol. The SMILES string of the molecule is CCCNC1CCN(C2CC2CCC)C1. The molecule has 0 radical (unpaired) electrons. The maximum Gasteiger partial charge on any atom is 0.0207 e. The van der Waals surface area contributed by atoms with Crippen molar-refractivity contribution in [3.05, 3.63) is 0 Å². The van der Waals surface area contributed by atoms with E-state index in [-0.39, 0.29) is 0 Å². The first-order valence-corrected chi connectivity index (χ1v) is 6.82. The predicted molar refractivity (Wildman–Crippen MR) is 65.1 cm³/mol. The molecule has 88 valence electrons. The molecule has 1 N–H and O–H groups in total. The molecule has 2 heteroatoms. The Kier molecular flexibility index (Phi) is 4.04. The molecule has 1 aliphatic carbocycles. The Morgan fingerprint density at radius 3 is 2.87 bits per heavy atom. The van der Waals surface area contributed by atoms with Crippen molar-refractivity contribution in [3.8, 4) is 0 Å². The Labute approximate surface area is 94.4 Å². The van der Waals surface area contributed by atoms with Gasteiger partial charge in [0, 0.05) is 25.2 Å². The van der Waals surface area contributed by atoms with Crippen molar-refractivity contribution in [2.24, 2.45) is 5.92 Å². The molecule has 0 amide bonds. The van der Waals surface area contributed by atoms with E-state index in [1.54, 1.807) is 0 Å². The van der Waals surface area contributed by atoms with Gasteiger partial charge >= 0.3 is 0 Å². The standard InChI is InChI=1S/C13H26N2/c1-3-5-11-9-13(11)15-8-6-12(10-15)14-7-4-2/h11-14H,3-10H2,1-2H3. The number of nitrogens with zero attached hydrogens (tertiary/aromatic N) is 1. The van der Waals surface area contributed by atoms with Gasteiger partial charge < -0.3 is 5.32 Å². The highest BCUT2D eigenvalue weighted by atomic mass is 15.2. The zero-order valence-corrected chi connectivity index (χ0v) is 10.3. The van der Waals surface area contributed by atoms with Crippen molar-refractivity contribution < 1.29 is 0 Å². The highest BCUT2D eigenvalue weighted by molar-refractivity contribution is 4.98. The Hall–Kier alpha value is -0.0800. The van der Waals surface area contributed by atoms with E-state index in [1.165, 1.54) is 51.7 Å². The average molecular weight is 210 g/mol. The van der Waals surface area contributed by atoms with Gasteiger partial charge in [0.2, 0.25) is 0 Å². The van der Waals surface area contributed by atoms with Crippen molar-refractivity contribution in [2.45, 2.75) is 58.0 Å². The van der Waals surface area contributed by atoms with Crippen LogP contribution in [0, 0.1) is 5.92 Å². The topological polar surface area (TPSA) is 15.3 Å². The summed E-state index contributed by atoms with van der Waals surface area (Å²) in [6, 6.07) is 1.74. The molecule has 0 aromatic rings. The summed E-state index contributed by atoms with van der Waals surface area (Å²) in [5.41, 5.74) is 0. The molecule has 2 rings (SSSR count). The lowest BCUT2D eigenvalue weighted by molar-refractivity contribution is 0.299. The van der Waals surface area contributed by atoms with Crippen LogP contribution in [-0.4, -0.2) is 36.6 Å². The second-order valence-electron chi connectivity index (χ2n) is 5.29. The molecule has 3 atom stereocenters. The van der Waals surface area contributed by atoms with Crippen LogP contribution in [0.5, 0.6) is 0 Å². The van der Waals surface area contributed by atoms with Crippen molar-refractivity contribution in [1.29, 1.82) is 0 Å². The maximum atomic E-state index is 3.65. The zero-order valence-electron chi connectivity index (χ0n) is 10.3. The Bertz CT molecular complexity index is 193. The van der Waals surface area contributed by atoms with Gasteiger partial charge in [-0.1, -0.05) is 20.3 Å². The molecule has 0 aromatic carbocycles. The van der Waals surface area contributed by atoms with E-state index >= 15 is 0 Å². The van der Waals surface area contributed by atoms with E-state index in [2.05, 4.69) is 24.1 Å². The van der Waals surface area contributed by atoms with Gasteiger partial charge in [-0.15, -0.1) is 0 Å². The molecule has 1 heterocycles. The molecular weight excluding hydrogens is 184 g/mol. The van der Waals surface area contributed by atoms with Crippen LogP contribution in [0.4, 0.5) is 0 Å². The molecule has 0 bridgehead atoms. The third-order valence-corrected chi connectivity index (χ3v) is 3.92. The number of nitrogens with one attached hydrogen (secondary N) is 1. The van der Waals surface area contributed by atoms with Crippen molar-refractivity contribution >= 4 is 0 Å². The van der Waals surface area contributed by atoms with Crippen LogP contribution in [0.3, 0.4) is 0 Å². The average Bonchev–Trinajstić information content (AvgIpc) is 2.85. The molecular formula is C13H26N2. The number of rotatable bonds is 6. The third-order valence-electron chi connectivity index (χ3n) is 3.92. The molecule has 1 saturated carbocycles. The third kappa shape index (κ3) is 2.94. The van der Waals surface area contributed by atoms with Crippen LogP contribution < -0.4 is 5.32 Å². The van der Waals surface area contributed by atoms with Crippen LogP contribution in [0.1, 0.15) is 46.0 Å². The molecule has 2 nitrogen and oxygen atoms in total. The molecule has 3 unspecified atom stereocenters. The first kappa shape index (κ1) is 11.4. The summed E-state index contributed by atoms with van der Waals surface area (Å²) >= 11 is 0. The highest BCUT2D eigenvalue weighted by Gasteiger charge is 2.42. The van der Waals surface area contributed by atoms with E-state index < -0.39 is 0 Å². The molecule has 2 aliphatic rings. The highest BCUT2D eigenvalue weighted by Crippen LogP contribution is 2.40. The van der Waals surface area contributed by atoms with Crippen LogP contribution in [0.2, 0.25) is 0 Å². The van der Waals surface area contributed by atoms with Crippen molar-refractivity contribution in [1.82, 2.24) is 10.2 Å². The second-order valence-corrected chi connectivity index (χ2v) is 5.29. The first-order chi connectivity index (χ1) is 7.35. The van der Waals surface area contributed by atoms with Gasteiger partial charge in [0.25, 0.3) is 0 Å². The van der Waals surface area contributed by atoms with Crippen LogP contribution >= 0.6 is 0 Å².